The predicted octanol–water partition coefficient (Wildman–Crippen LogP) is 6.40. The molecule has 0 radical (unpaired) electrons. The molecule has 1 unspecified atom stereocenters. The van der Waals surface area contributed by atoms with E-state index >= 15 is 0 Å². The smallest absolute Gasteiger partial charge is 0.0512 e. The Bertz CT molecular complexity index is 196. The van der Waals surface area contributed by atoms with Gasteiger partial charge in [0.1, 0.15) is 0 Å². The zero-order valence-electron chi connectivity index (χ0n) is 14.1. The summed E-state index contributed by atoms with van der Waals surface area (Å²) in [5.41, 5.74) is 0. The van der Waals surface area contributed by atoms with Gasteiger partial charge in [-0.25, -0.2) is 0 Å². The molecule has 0 aliphatic heterocycles. The molecular weight excluding hydrogens is 244 g/mol. The molecule has 1 atom stereocenters. The van der Waals surface area contributed by atoms with Gasteiger partial charge >= 0.3 is 0 Å². The first kappa shape index (κ1) is 19.7. The fourth-order valence-electron chi connectivity index (χ4n) is 2.51. The van der Waals surface area contributed by atoms with E-state index in [1.165, 1.54) is 77.0 Å². The lowest BCUT2D eigenvalue weighted by atomic mass is 10.1. The topological polar surface area (TPSA) is 20.2 Å². The maximum absolute atomic E-state index is 9.14. The van der Waals surface area contributed by atoms with Crippen molar-refractivity contribution in [2.75, 3.05) is 0 Å². The van der Waals surface area contributed by atoms with Crippen LogP contribution in [0.15, 0.2) is 12.2 Å². The van der Waals surface area contributed by atoms with Crippen molar-refractivity contribution in [1.82, 2.24) is 0 Å². The van der Waals surface area contributed by atoms with E-state index in [1.54, 1.807) is 0 Å². The second kappa shape index (κ2) is 16.8. The van der Waals surface area contributed by atoms with E-state index in [9.17, 15) is 0 Å². The van der Waals surface area contributed by atoms with Crippen LogP contribution in [0, 0.1) is 0 Å². The average molecular weight is 283 g/mol. The fourth-order valence-corrected chi connectivity index (χ4v) is 2.51. The monoisotopic (exact) mass is 282 g/mol. The third-order valence-electron chi connectivity index (χ3n) is 3.88. The average Bonchev–Trinajstić information content (AvgIpc) is 2.43. The Labute approximate surface area is 127 Å². The molecule has 0 heterocycles. The largest absolute Gasteiger partial charge is 0.393 e. The first-order valence-electron chi connectivity index (χ1n) is 9.10. The molecule has 0 fully saturated rings. The molecule has 0 saturated carbocycles. The quantitative estimate of drug-likeness (QED) is 0.272. The molecule has 0 rings (SSSR count). The number of aliphatic hydroxyl groups excluding tert-OH is 1. The molecule has 0 aromatic carbocycles. The molecule has 1 N–H and O–H groups in total. The first-order valence-corrected chi connectivity index (χ1v) is 9.10. The molecule has 0 aliphatic rings. The number of hydrogen-bond acceptors (Lipinski definition) is 1. The zero-order chi connectivity index (χ0) is 14.9. The second-order valence-electron chi connectivity index (χ2n) is 6.22. The molecule has 0 aromatic rings. The van der Waals surface area contributed by atoms with Gasteiger partial charge < -0.3 is 5.11 Å². The van der Waals surface area contributed by atoms with Gasteiger partial charge in [-0.1, -0.05) is 76.9 Å². The van der Waals surface area contributed by atoms with Crippen molar-refractivity contribution in [2.45, 2.75) is 110 Å². The second-order valence-corrected chi connectivity index (χ2v) is 6.22. The van der Waals surface area contributed by atoms with E-state index < -0.39 is 0 Å². The van der Waals surface area contributed by atoms with Gasteiger partial charge in [0, 0.05) is 0 Å². The van der Waals surface area contributed by atoms with Gasteiger partial charge in [-0.05, 0) is 39.0 Å². The summed E-state index contributed by atoms with van der Waals surface area (Å²) in [7, 11) is 0. The van der Waals surface area contributed by atoms with Crippen LogP contribution in [0.4, 0.5) is 0 Å². The summed E-state index contributed by atoms with van der Waals surface area (Å²) < 4.78 is 0. The molecule has 20 heavy (non-hydrogen) atoms. The highest BCUT2D eigenvalue weighted by atomic mass is 16.3. The number of rotatable bonds is 15. The summed E-state index contributed by atoms with van der Waals surface area (Å²) in [6.07, 6.45) is 23.0. The normalized spacial score (nSPS) is 13.2. The van der Waals surface area contributed by atoms with Crippen LogP contribution in [0.1, 0.15) is 104 Å². The van der Waals surface area contributed by atoms with E-state index in [1.807, 2.05) is 6.92 Å². The third-order valence-corrected chi connectivity index (χ3v) is 3.88. The molecule has 1 nitrogen and oxygen atoms in total. The standard InChI is InChI=1S/C19H38O/c1-3-4-5-6-7-8-9-10-11-12-13-14-15-16-17-18-19(2)20/h13-14,19-20H,3-12,15-18H2,1-2H3. The molecule has 0 saturated heterocycles. The summed E-state index contributed by atoms with van der Waals surface area (Å²) >= 11 is 0. The van der Waals surface area contributed by atoms with Crippen LogP contribution in [-0.4, -0.2) is 11.2 Å². The lowest BCUT2D eigenvalue weighted by Crippen LogP contribution is -1.97. The Hall–Kier alpha value is -0.300. The molecule has 0 bridgehead atoms. The number of unbranched alkanes of at least 4 members (excludes halogenated alkanes) is 11. The highest BCUT2D eigenvalue weighted by molar-refractivity contribution is 4.81. The maximum Gasteiger partial charge on any atom is 0.0512 e. The molecule has 0 aliphatic carbocycles. The Kier molecular flexibility index (Phi) is 16.5. The summed E-state index contributed by atoms with van der Waals surface area (Å²) in [5.74, 6) is 0. The van der Waals surface area contributed by atoms with Crippen molar-refractivity contribution in [3.05, 3.63) is 12.2 Å². The summed E-state index contributed by atoms with van der Waals surface area (Å²) in [6, 6.07) is 0. The van der Waals surface area contributed by atoms with Crippen molar-refractivity contribution in [2.24, 2.45) is 0 Å². The van der Waals surface area contributed by atoms with E-state index in [2.05, 4.69) is 19.1 Å². The lowest BCUT2D eigenvalue weighted by molar-refractivity contribution is 0.181. The van der Waals surface area contributed by atoms with Crippen LogP contribution < -0.4 is 0 Å². The Morgan fingerprint density at radius 1 is 0.700 bits per heavy atom. The minimum absolute atomic E-state index is 0.124. The van der Waals surface area contributed by atoms with Crippen molar-refractivity contribution >= 4 is 0 Å². The molecule has 120 valence electrons. The SMILES string of the molecule is CCCCCCCCCCCC=CCCCCC(C)O. The highest BCUT2D eigenvalue weighted by Crippen LogP contribution is 2.11. The summed E-state index contributed by atoms with van der Waals surface area (Å²) in [4.78, 5) is 0. The molecule has 0 spiro atoms. The maximum atomic E-state index is 9.14. The van der Waals surface area contributed by atoms with Crippen LogP contribution in [0.25, 0.3) is 0 Å². The minimum Gasteiger partial charge on any atom is -0.393 e. The van der Waals surface area contributed by atoms with Gasteiger partial charge in [0.15, 0.2) is 0 Å². The Morgan fingerprint density at radius 3 is 1.65 bits per heavy atom. The van der Waals surface area contributed by atoms with E-state index in [4.69, 9.17) is 5.11 Å². The molecule has 1 heteroatoms. The Balaban J connectivity index is 3.04. The van der Waals surface area contributed by atoms with Gasteiger partial charge in [0.25, 0.3) is 0 Å². The van der Waals surface area contributed by atoms with Gasteiger partial charge in [-0.2, -0.15) is 0 Å². The lowest BCUT2D eigenvalue weighted by Gasteiger charge is -2.01. The zero-order valence-corrected chi connectivity index (χ0v) is 14.1. The summed E-state index contributed by atoms with van der Waals surface area (Å²) in [5, 5.41) is 9.14. The van der Waals surface area contributed by atoms with Crippen LogP contribution in [0.3, 0.4) is 0 Å². The number of allylic oxidation sites excluding steroid dienone is 2. The third kappa shape index (κ3) is 17.7. The predicted molar refractivity (Wildman–Crippen MR) is 91.1 cm³/mol. The molecule has 0 amide bonds. The van der Waals surface area contributed by atoms with Crippen LogP contribution >= 0.6 is 0 Å². The van der Waals surface area contributed by atoms with Crippen LogP contribution in [0.5, 0.6) is 0 Å². The number of aliphatic hydroxyl groups is 1. The Morgan fingerprint density at radius 2 is 1.15 bits per heavy atom. The van der Waals surface area contributed by atoms with Crippen LogP contribution in [0.2, 0.25) is 0 Å². The van der Waals surface area contributed by atoms with Gasteiger partial charge in [-0.3, -0.25) is 0 Å². The van der Waals surface area contributed by atoms with E-state index in [-0.39, 0.29) is 6.10 Å². The van der Waals surface area contributed by atoms with Crippen molar-refractivity contribution in [3.8, 4) is 0 Å². The fraction of sp³-hybridized carbons (Fsp3) is 0.895. The van der Waals surface area contributed by atoms with Gasteiger partial charge in [0.05, 0.1) is 6.10 Å². The van der Waals surface area contributed by atoms with Crippen molar-refractivity contribution in [1.29, 1.82) is 0 Å². The van der Waals surface area contributed by atoms with Gasteiger partial charge in [-0.15, -0.1) is 0 Å². The van der Waals surface area contributed by atoms with Crippen molar-refractivity contribution in [3.63, 3.8) is 0 Å². The van der Waals surface area contributed by atoms with E-state index in [0.29, 0.717) is 0 Å². The summed E-state index contributed by atoms with van der Waals surface area (Å²) in [6.45, 7) is 4.15. The van der Waals surface area contributed by atoms with E-state index in [0.717, 1.165) is 12.8 Å². The first-order chi connectivity index (χ1) is 9.77. The van der Waals surface area contributed by atoms with Crippen LogP contribution in [-0.2, 0) is 0 Å². The van der Waals surface area contributed by atoms with Gasteiger partial charge in [0.2, 0.25) is 0 Å². The number of hydrogen-bond donors (Lipinski definition) is 1. The minimum atomic E-state index is -0.124. The highest BCUT2D eigenvalue weighted by Gasteiger charge is 1.94. The van der Waals surface area contributed by atoms with Crippen molar-refractivity contribution < 1.29 is 5.11 Å². The molecule has 0 aromatic heterocycles. The molecular formula is C19H38O.